The predicted molar refractivity (Wildman–Crippen MR) is 88.8 cm³/mol. The van der Waals surface area contributed by atoms with Crippen molar-refractivity contribution in [2.24, 2.45) is 0 Å². The van der Waals surface area contributed by atoms with E-state index < -0.39 is 35.6 Å². The molecule has 0 spiro atoms. The molecule has 0 aliphatic rings. The highest BCUT2D eigenvalue weighted by molar-refractivity contribution is 7.15. The fourth-order valence-electron chi connectivity index (χ4n) is 2.05. The minimum atomic E-state index is -0.885. The molecule has 0 N–H and O–H groups in total. The van der Waals surface area contributed by atoms with Gasteiger partial charge in [-0.2, -0.15) is 0 Å². The number of ketones is 1. The zero-order chi connectivity index (χ0) is 18.0. The van der Waals surface area contributed by atoms with Crippen LogP contribution in [0.3, 0.4) is 0 Å². The monoisotopic (exact) mass is 382 g/mol. The lowest BCUT2D eigenvalue weighted by molar-refractivity contribution is -0.136. The van der Waals surface area contributed by atoms with Gasteiger partial charge in [0.05, 0.1) is 11.3 Å². The summed E-state index contributed by atoms with van der Waals surface area (Å²) in [5.74, 6) is -3.32. The Hall–Kier alpha value is -2.58. The second-order valence-electron chi connectivity index (χ2n) is 4.83. The van der Waals surface area contributed by atoms with Crippen LogP contribution < -0.4 is 0 Å². The molecule has 0 bridgehead atoms. The smallest absolute Gasteiger partial charge is 0.331 e. The number of hydrogen-bond donors (Lipinski definition) is 0. The molecule has 0 amide bonds. The molecule has 0 fully saturated rings. The number of benzene rings is 1. The van der Waals surface area contributed by atoms with Gasteiger partial charge in [0.1, 0.15) is 11.6 Å². The van der Waals surface area contributed by atoms with Crippen LogP contribution in [0.25, 0.3) is 11.0 Å². The van der Waals surface area contributed by atoms with E-state index in [-0.39, 0.29) is 5.15 Å². The summed E-state index contributed by atoms with van der Waals surface area (Å²) in [6.07, 6.45) is 4.20. The highest BCUT2D eigenvalue weighted by atomic mass is 35.5. The normalized spacial score (nSPS) is 11.3. The Morgan fingerprint density at radius 2 is 2.16 bits per heavy atom. The van der Waals surface area contributed by atoms with E-state index in [4.69, 9.17) is 16.3 Å². The van der Waals surface area contributed by atoms with Crippen LogP contribution in [0.2, 0.25) is 5.15 Å². The number of Topliss-reactive ketones (excluding diaryl/α,β-unsaturated/α-hetero) is 1. The Morgan fingerprint density at radius 3 is 2.96 bits per heavy atom. The molecule has 0 unspecified atom stereocenters. The zero-order valence-electron chi connectivity index (χ0n) is 12.4. The molecule has 5 nitrogen and oxygen atoms in total. The van der Waals surface area contributed by atoms with Gasteiger partial charge in [-0.15, -0.1) is 11.3 Å². The van der Waals surface area contributed by atoms with Gasteiger partial charge in [-0.3, -0.25) is 9.20 Å². The first-order chi connectivity index (χ1) is 12.0. The fourth-order valence-corrected chi connectivity index (χ4v) is 3.05. The van der Waals surface area contributed by atoms with Crippen molar-refractivity contribution in [3.8, 4) is 0 Å². The third-order valence-corrected chi connectivity index (χ3v) is 4.24. The Labute approximate surface area is 149 Å². The molecule has 1 aromatic carbocycles. The molecule has 0 atom stereocenters. The highest BCUT2D eigenvalue weighted by Crippen LogP contribution is 2.22. The molecule has 0 aliphatic carbocycles. The van der Waals surface area contributed by atoms with Gasteiger partial charge in [0.25, 0.3) is 0 Å². The van der Waals surface area contributed by atoms with Crippen molar-refractivity contribution in [2.75, 3.05) is 6.61 Å². The number of aromatic nitrogens is 2. The quantitative estimate of drug-likeness (QED) is 0.383. The molecule has 128 valence electrons. The van der Waals surface area contributed by atoms with Crippen molar-refractivity contribution >= 4 is 45.7 Å². The van der Waals surface area contributed by atoms with Gasteiger partial charge >= 0.3 is 5.97 Å². The second kappa shape index (κ2) is 7.12. The number of hydrogen-bond acceptors (Lipinski definition) is 5. The van der Waals surface area contributed by atoms with Gasteiger partial charge in [0.2, 0.25) is 5.78 Å². The highest BCUT2D eigenvalue weighted by Gasteiger charge is 2.15. The summed E-state index contributed by atoms with van der Waals surface area (Å²) in [6.45, 7) is -0.711. The van der Waals surface area contributed by atoms with Crippen molar-refractivity contribution in [3.63, 3.8) is 0 Å². The van der Waals surface area contributed by atoms with Crippen molar-refractivity contribution < 1.29 is 23.1 Å². The molecule has 0 saturated carbocycles. The number of fused-ring (bicyclic) bond motifs is 1. The van der Waals surface area contributed by atoms with Crippen LogP contribution in [0.5, 0.6) is 0 Å². The summed E-state index contributed by atoms with van der Waals surface area (Å²) < 4.78 is 33.0. The summed E-state index contributed by atoms with van der Waals surface area (Å²) in [5.41, 5.74) is 0.00737. The molecule has 2 heterocycles. The maximum Gasteiger partial charge on any atom is 0.331 e. The molecule has 0 aliphatic heterocycles. The molecule has 2 aromatic heterocycles. The number of nitrogens with zero attached hydrogens (tertiary/aromatic N) is 2. The second-order valence-corrected chi connectivity index (χ2v) is 6.06. The van der Waals surface area contributed by atoms with Crippen molar-refractivity contribution in [3.05, 3.63) is 63.9 Å². The molecule has 9 heteroatoms. The fraction of sp³-hybridized carbons (Fsp3) is 0.0625. The Balaban J connectivity index is 1.65. The lowest BCUT2D eigenvalue weighted by Crippen LogP contribution is -2.14. The number of halogens is 3. The number of carbonyl (C=O) groups is 2. The van der Waals surface area contributed by atoms with Crippen LogP contribution in [-0.2, 0) is 9.53 Å². The number of ether oxygens (including phenoxy) is 1. The number of carbonyl (C=O) groups excluding carboxylic acids is 2. The number of imidazole rings is 1. The van der Waals surface area contributed by atoms with Crippen LogP contribution >= 0.6 is 22.9 Å². The van der Waals surface area contributed by atoms with E-state index in [1.54, 1.807) is 16.0 Å². The van der Waals surface area contributed by atoms with E-state index >= 15 is 0 Å². The van der Waals surface area contributed by atoms with Crippen LogP contribution in [0.4, 0.5) is 8.78 Å². The minimum Gasteiger partial charge on any atom is -0.454 e. The first kappa shape index (κ1) is 17.2. The summed E-state index contributed by atoms with van der Waals surface area (Å²) in [6, 6.07) is 2.47. The Bertz CT molecular complexity index is 997. The van der Waals surface area contributed by atoms with Gasteiger partial charge in [0, 0.05) is 17.7 Å². The summed E-state index contributed by atoms with van der Waals surface area (Å²) >= 11 is 7.35. The Kier molecular flexibility index (Phi) is 4.91. The van der Waals surface area contributed by atoms with E-state index in [0.717, 1.165) is 24.3 Å². The van der Waals surface area contributed by atoms with Crippen LogP contribution in [0.15, 0.2) is 35.9 Å². The molecule has 0 saturated heterocycles. The number of rotatable bonds is 5. The molecule has 3 aromatic rings. The van der Waals surface area contributed by atoms with E-state index in [0.29, 0.717) is 10.7 Å². The van der Waals surface area contributed by atoms with Gasteiger partial charge in [-0.1, -0.05) is 11.6 Å². The average molecular weight is 383 g/mol. The Morgan fingerprint density at radius 1 is 1.36 bits per heavy atom. The van der Waals surface area contributed by atoms with Crippen molar-refractivity contribution in [1.82, 2.24) is 9.38 Å². The number of thiazole rings is 1. The van der Waals surface area contributed by atoms with Crippen molar-refractivity contribution in [2.45, 2.75) is 0 Å². The summed E-state index contributed by atoms with van der Waals surface area (Å²) in [7, 11) is 0. The first-order valence-electron chi connectivity index (χ1n) is 6.90. The minimum absolute atomic E-state index is 0.216. The largest absolute Gasteiger partial charge is 0.454 e. The predicted octanol–water partition coefficient (Wildman–Crippen LogP) is 3.77. The lowest BCUT2D eigenvalue weighted by atomic mass is 10.1. The van der Waals surface area contributed by atoms with E-state index in [9.17, 15) is 18.4 Å². The third kappa shape index (κ3) is 3.75. The summed E-state index contributed by atoms with van der Waals surface area (Å²) in [4.78, 5) is 28.3. The van der Waals surface area contributed by atoms with Gasteiger partial charge in [-0.05, 0) is 24.3 Å². The maximum absolute atomic E-state index is 13.5. The van der Waals surface area contributed by atoms with Gasteiger partial charge in [0.15, 0.2) is 16.7 Å². The molecule has 3 rings (SSSR count). The molecular weight excluding hydrogens is 374 g/mol. The van der Waals surface area contributed by atoms with Crippen LogP contribution in [-0.4, -0.2) is 27.7 Å². The topological polar surface area (TPSA) is 60.7 Å². The van der Waals surface area contributed by atoms with E-state index in [1.165, 1.54) is 17.4 Å². The van der Waals surface area contributed by atoms with E-state index in [2.05, 4.69) is 4.98 Å². The molecular formula is C16H9ClF2N2O3S. The standard InChI is InChI=1S/C16H9ClF2N2O3S/c17-15-12(21-5-6-25-16(21)20-15)3-4-14(23)24-8-13(22)10-7-9(18)1-2-11(10)19/h1-7H,8H2/b4-3+. The van der Waals surface area contributed by atoms with E-state index in [1.807, 2.05) is 0 Å². The van der Waals surface area contributed by atoms with Crippen LogP contribution in [0, 0.1) is 11.6 Å². The number of esters is 1. The van der Waals surface area contributed by atoms with Gasteiger partial charge < -0.3 is 4.74 Å². The molecule has 0 radical (unpaired) electrons. The molecule has 25 heavy (non-hydrogen) atoms. The van der Waals surface area contributed by atoms with Crippen molar-refractivity contribution in [1.29, 1.82) is 0 Å². The maximum atomic E-state index is 13.5. The third-order valence-electron chi connectivity index (χ3n) is 3.21. The first-order valence-corrected chi connectivity index (χ1v) is 8.15. The van der Waals surface area contributed by atoms with Gasteiger partial charge in [-0.25, -0.2) is 18.6 Å². The SMILES string of the molecule is O=C(/C=C/c1c(Cl)nc2sccn12)OCC(=O)c1cc(F)ccc1F. The lowest BCUT2D eigenvalue weighted by Gasteiger charge is -2.03. The average Bonchev–Trinajstić information content (AvgIpc) is 3.13. The summed E-state index contributed by atoms with van der Waals surface area (Å²) in [5, 5.41) is 2.02. The van der Waals surface area contributed by atoms with Crippen LogP contribution in [0.1, 0.15) is 16.1 Å². The zero-order valence-corrected chi connectivity index (χ0v) is 14.0.